The van der Waals surface area contributed by atoms with Gasteiger partial charge in [-0.2, -0.15) is 0 Å². The molecule has 0 aliphatic heterocycles. The third-order valence-electron chi connectivity index (χ3n) is 2.03. The summed E-state index contributed by atoms with van der Waals surface area (Å²) in [6, 6.07) is 5.76. The highest BCUT2D eigenvalue weighted by atomic mass is 15.1. The Kier molecular flexibility index (Phi) is 2.28. The first kappa shape index (κ1) is 8.90. The Morgan fingerprint density at radius 1 is 1.43 bits per heavy atom. The van der Waals surface area contributed by atoms with E-state index in [2.05, 4.69) is 9.97 Å². The maximum absolute atomic E-state index is 5.51. The lowest BCUT2D eigenvalue weighted by molar-refractivity contribution is 0.915. The average Bonchev–Trinajstić information content (AvgIpc) is 2.61. The summed E-state index contributed by atoms with van der Waals surface area (Å²) in [7, 11) is 1.94. The SMILES string of the molecule is Cn1cc(CN)nc1-c1ccccn1. The first-order valence-electron chi connectivity index (χ1n) is 4.45. The number of pyridine rings is 1. The summed E-state index contributed by atoms with van der Waals surface area (Å²) in [5.41, 5.74) is 7.27. The number of aromatic nitrogens is 3. The lowest BCUT2D eigenvalue weighted by atomic mass is 10.3. The number of nitrogens with zero attached hydrogens (tertiary/aromatic N) is 3. The Labute approximate surface area is 82.4 Å². The van der Waals surface area contributed by atoms with Crippen molar-refractivity contribution in [3.05, 3.63) is 36.3 Å². The van der Waals surface area contributed by atoms with Crippen molar-refractivity contribution in [2.75, 3.05) is 0 Å². The molecular weight excluding hydrogens is 176 g/mol. The quantitative estimate of drug-likeness (QED) is 0.763. The minimum Gasteiger partial charge on any atom is -0.332 e. The van der Waals surface area contributed by atoms with Crippen LogP contribution >= 0.6 is 0 Å². The van der Waals surface area contributed by atoms with Crippen LogP contribution in [0.25, 0.3) is 11.5 Å². The van der Waals surface area contributed by atoms with Gasteiger partial charge in [-0.15, -0.1) is 0 Å². The molecule has 0 aliphatic carbocycles. The molecule has 4 heteroatoms. The topological polar surface area (TPSA) is 56.7 Å². The lowest BCUT2D eigenvalue weighted by Crippen LogP contribution is -1.95. The number of hydrogen-bond donors (Lipinski definition) is 1. The van der Waals surface area contributed by atoms with E-state index in [0.717, 1.165) is 17.2 Å². The van der Waals surface area contributed by atoms with Crippen molar-refractivity contribution in [1.29, 1.82) is 0 Å². The highest BCUT2D eigenvalue weighted by molar-refractivity contribution is 5.49. The second kappa shape index (κ2) is 3.59. The normalized spacial score (nSPS) is 10.4. The molecule has 0 bridgehead atoms. The largest absolute Gasteiger partial charge is 0.332 e. The molecule has 0 aromatic carbocycles. The van der Waals surface area contributed by atoms with Gasteiger partial charge >= 0.3 is 0 Å². The van der Waals surface area contributed by atoms with Gasteiger partial charge in [0.15, 0.2) is 5.82 Å². The van der Waals surface area contributed by atoms with Crippen molar-refractivity contribution in [3.8, 4) is 11.5 Å². The molecule has 0 radical (unpaired) electrons. The van der Waals surface area contributed by atoms with Crippen molar-refractivity contribution >= 4 is 0 Å². The second-order valence-electron chi connectivity index (χ2n) is 3.09. The van der Waals surface area contributed by atoms with E-state index in [9.17, 15) is 0 Å². The molecule has 0 unspecified atom stereocenters. The Bertz CT molecular complexity index is 419. The summed E-state index contributed by atoms with van der Waals surface area (Å²) in [4.78, 5) is 8.61. The molecule has 0 atom stereocenters. The fraction of sp³-hybridized carbons (Fsp3) is 0.200. The zero-order valence-corrected chi connectivity index (χ0v) is 8.01. The molecule has 2 rings (SSSR count). The fourth-order valence-electron chi connectivity index (χ4n) is 1.36. The summed E-state index contributed by atoms with van der Waals surface area (Å²) in [5, 5.41) is 0. The Hall–Kier alpha value is -1.68. The number of hydrogen-bond acceptors (Lipinski definition) is 3. The van der Waals surface area contributed by atoms with Crippen LogP contribution in [0.4, 0.5) is 0 Å². The van der Waals surface area contributed by atoms with E-state index in [-0.39, 0.29) is 0 Å². The molecule has 0 saturated heterocycles. The molecule has 2 aromatic rings. The minimum atomic E-state index is 0.459. The Morgan fingerprint density at radius 3 is 2.86 bits per heavy atom. The van der Waals surface area contributed by atoms with E-state index in [1.165, 1.54) is 0 Å². The lowest BCUT2D eigenvalue weighted by Gasteiger charge is -1.98. The van der Waals surface area contributed by atoms with Gasteiger partial charge in [0.1, 0.15) is 5.69 Å². The van der Waals surface area contributed by atoms with E-state index >= 15 is 0 Å². The predicted molar refractivity (Wildman–Crippen MR) is 54.3 cm³/mol. The predicted octanol–water partition coefficient (Wildman–Crippen LogP) is 0.941. The molecule has 0 saturated carbocycles. The summed E-state index contributed by atoms with van der Waals surface area (Å²) in [6.07, 6.45) is 3.68. The van der Waals surface area contributed by atoms with E-state index in [1.807, 2.05) is 36.0 Å². The number of rotatable bonds is 2. The number of aryl methyl sites for hydroxylation is 1. The summed E-state index contributed by atoms with van der Waals surface area (Å²) in [6.45, 7) is 0.459. The van der Waals surface area contributed by atoms with Gasteiger partial charge in [-0.25, -0.2) is 4.98 Å². The molecule has 2 aromatic heterocycles. The zero-order chi connectivity index (χ0) is 9.97. The highest BCUT2D eigenvalue weighted by Gasteiger charge is 2.06. The van der Waals surface area contributed by atoms with Crippen molar-refractivity contribution in [3.63, 3.8) is 0 Å². The second-order valence-corrected chi connectivity index (χ2v) is 3.09. The molecule has 0 amide bonds. The zero-order valence-electron chi connectivity index (χ0n) is 8.01. The van der Waals surface area contributed by atoms with Gasteiger partial charge in [-0.05, 0) is 12.1 Å². The third kappa shape index (κ3) is 1.52. The van der Waals surface area contributed by atoms with E-state index in [0.29, 0.717) is 6.54 Å². The third-order valence-corrected chi connectivity index (χ3v) is 2.03. The fourth-order valence-corrected chi connectivity index (χ4v) is 1.36. The minimum absolute atomic E-state index is 0.459. The summed E-state index contributed by atoms with van der Waals surface area (Å²) < 4.78 is 1.94. The van der Waals surface area contributed by atoms with Crippen molar-refractivity contribution in [2.24, 2.45) is 12.8 Å². The van der Waals surface area contributed by atoms with Crippen LogP contribution in [0.1, 0.15) is 5.69 Å². The van der Waals surface area contributed by atoms with Gasteiger partial charge < -0.3 is 10.3 Å². The van der Waals surface area contributed by atoms with Crippen LogP contribution in [-0.4, -0.2) is 14.5 Å². The standard InChI is InChI=1S/C10H12N4/c1-14-7-8(6-11)13-10(14)9-4-2-3-5-12-9/h2-5,7H,6,11H2,1H3. The van der Waals surface area contributed by atoms with E-state index in [1.54, 1.807) is 6.20 Å². The van der Waals surface area contributed by atoms with Gasteiger partial charge in [-0.1, -0.05) is 6.07 Å². The molecule has 0 spiro atoms. The van der Waals surface area contributed by atoms with Crippen LogP contribution < -0.4 is 5.73 Å². The van der Waals surface area contributed by atoms with E-state index < -0.39 is 0 Å². The summed E-state index contributed by atoms with van der Waals surface area (Å²) in [5.74, 6) is 0.853. The van der Waals surface area contributed by atoms with Crippen LogP contribution in [0.5, 0.6) is 0 Å². The van der Waals surface area contributed by atoms with Gasteiger partial charge in [-0.3, -0.25) is 4.98 Å². The molecule has 14 heavy (non-hydrogen) atoms. The van der Waals surface area contributed by atoms with Crippen LogP contribution in [0.15, 0.2) is 30.6 Å². The number of nitrogens with two attached hydrogens (primary N) is 1. The number of imidazole rings is 1. The molecule has 2 N–H and O–H groups in total. The highest BCUT2D eigenvalue weighted by Crippen LogP contribution is 2.14. The molecule has 0 aliphatic rings. The maximum Gasteiger partial charge on any atom is 0.158 e. The Balaban J connectivity index is 2.46. The van der Waals surface area contributed by atoms with Crippen molar-refractivity contribution < 1.29 is 0 Å². The maximum atomic E-state index is 5.51. The molecule has 0 fully saturated rings. The molecule has 72 valence electrons. The first-order valence-corrected chi connectivity index (χ1v) is 4.45. The van der Waals surface area contributed by atoms with E-state index in [4.69, 9.17) is 5.73 Å². The Morgan fingerprint density at radius 2 is 2.29 bits per heavy atom. The van der Waals surface area contributed by atoms with Gasteiger partial charge in [0.05, 0.1) is 5.69 Å². The molecular formula is C10H12N4. The van der Waals surface area contributed by atoms with Crippen LogP contribution in [0, 0.1) is 0 Å². The van der Waals surface area contributed by atoms with Crippen LogP contribution in [0.2, 0.25) is 0 Å². The van der Waals surface area contributed by atoms with Crippen LogP contribution in [0.3, 0.4) is 0 Å². The van der Waals surface area contributed by atoms with Crippen LogP contribution in [-0.2, 0) is 13.6 Å². The van der Waals surface area contributed by atoms with Gasteiger partial charge in [0, 0.05) is 26.0 Å². The van der Waals surface area contributed by atoms with Crippen molar-refractivity contribution in [1.82, 2.24) is 14.5 Å². The summed E-state index contributed by atoms with van der Waals surface area (Å²) >= 11 is 0. The van der Waals surface area contributed by atoms with Crippen molar-refractivity contribution in [2.45, 2.75) is 6.54 Å². The van der Waals surface area contributed by atoms with Gasteiger partial charge in [0.25, 0.3) is 0 Å². The molecule has 2 heterocycles. The molecule has 4 nitrogen and oxygen atoms in total. The monoisotopic (exact) mass is 188 g/mol. The smallest absolute Gasteiger partial charge is 0.158 e. The average molecular weight is 188 g/mol. The van der Waals surface area contributed by atoms with Gasteiger partial charge in [0.2, 0.25) is 0 Å². The first-order chi connectivity index (χ1) is 6.81.